The summed E-state index contributed by atoms with van der Waals surface area (Å²) in [5, 5.41) is 8.70. The summed E-state index contributed by atoms with van der Waals surface area (Å²) in [6.07, 6.45) is 1.55. The summed E-state index contributed by atoms with van der Waals surface area (Å²) in [6, 6.07) is 14.5. The van der Waals surface area contributed by atoms with E-state index in [0.717, 1.165) is 26.7 Å². The topological polar surface area (TPSA) is 96.7 Å². The summed E-state index contributed by atoms with van der Waals surface area (Å²) in [4.78, 5) is 37.6. The molecule has 0 saturated carbocycles. The fourth-order valence-corrected chi connectivity index (χ4v) is 4.00. The fraction of sp³-hybridized carbons (Fsp3) is 0.182. The van der Waals surface area contributed by atoms with Crippen molar-refractivity contribution in [1.29, 1.82) is 5.26 Å². The van der Waals surface area contributed by atoms with E-state index >= 15 is 0 Å². The normalized spacial score (nSPS) is 14.6. The number of hydrogen-bond donors (Lipinski definition) is 0. The summed E-state index contributed by atoms with van der Waals surface area (Å²) in [7, 11) is 0. The third kappa shape index (κ3) is 5.54. The van der Waals surface area contributed by atoms with Crippen LogP contribution in [0.3, 0.4) is 0 Å². The molecule has 0 bridgehead atoms. The van der Waals surface area contributed by atoms with Gasteiger partial charge in [0, 0.05) is 15.6 Å². The summed E-state index contributed by atoms with van der Waals surface area (Å²) in [5.41, 5.74) is 1.82. The SMILES string of the molecule is CCOC(=O)CN1C(=O)S/C(=C/c2cc(Br)ccc2OCc2ccccc2C#N)C1=O. The zero-order valence-corrected chi connectivity index (χ0v) is 18.9. The van der Waals surface area contributed by atoms with Gasteiger partial charge < -0.3 is 9.47 Å². The summed E-state index contributed by atoms with van der Waals surface area (Å²) >= 11 is 4.14. The first-order valence-corrected chi connectivity index (χ1v) is 10.8. The molecular weight excluding hydrogens is 484 g/mol. The molecule has 2 amide bonds. The Hall–Kier alpha value is -3.09. The molecule has 0 aromatic heterocycles. The molecule has 3 rings (SSSR count). The van der Waals surface area contributed by atoms with Crippen molar-refractivity contribution >= 4 is 50.9 Å². The van der Waals surface area contributed by atoms with Crippen LogP contribution in [0.4, 0.5) is 4.79 Å². The minimum atomic E-state index is -0.645. The molecule has 1 heterocycles. The number of carbonyl (C=O) groups excluding carboxylic acids is 3. The van der Waals surface area contributed by atoms with Gasteiger partial charge in [0.15, 0.2) is 0 Å². The fourth-order valence-electron chi connectivity index (χ4n) is 2.79. The van der Waals surface area contributed by atoms with Gasteiger partial charge in [-0.05, 0) is 49.0 Å². The lowest BCUT2D eigenvalue weighted by Gasteiger charge is -2.12. The quantitative estimate of drug-likeness (QED) is 0.407. The van der Waals surface area contributed by atoms with Crippen LogP contribution in [0, 0.1) is 11.3 Å². The second-order valence-electron chi connectivity index (χ2n) is 6.31. The minimum absolute atomic E-state index is 0.163. The highest BCUT2D eigenvalue weighted by atomic mass is 79.9. The number of nitriles is 1. The minimum Gasteiger partial charge on any atom is -0.488 e. The molecule has 9 heteroatoms. The van der Waals surface area contributed by atoms with Gasteiger partial charge in [-0.15, -0.1) is 0 Å². The lowest BCUT2D eigenvalue weighted by molar-refractivity contribution is -0.145. The third-order valence-electron chi connectivity index (χ3n) is 4.25. The first-order valence-electron chi connectivity index (χ1n) is 9.24. The van der Waals surface area contributed by atoms with E-state index in [1.54, 1.807) is 49.4 Å². The van der Waals surface area contributed by atoms with Crippen molar-refractivity contribution < 1.29 is 23.9 Å². The highest BCUT2D eigenvalue weighted by Crippen LogP contribution is 2.35. The van der Waals surface area contributed by atoms with E-state index in [2.05, 4.69) is 22.0 Å². The number of amides is 2. The average molecular weight is 501 g/mol. The Morgan fingerprint density at radius 3 is 2.77 bits per heavy atom. The molecule has 0 N–H and O–H groups in total. The maximum Gasteiger partial charge on any atom is 0.326 e. The molecule has 7 nitrogen and oxygen atoms in total. The summed E-state index contributed by atoms with van der Waals surface area (Å²) < 4.78 is 11.5. The summed E-state index contributed by atoms with van der Waals surface area (Å²) in [6.45, 7) is 1.55. The van der Waals surface area contributed by atoms with Crippen LogP contribution in [0.2, 0.25) is 0 Å². The van der Waals surface area contributed by atoms with Gasteiger partial charge in [0.25, 0.3) is 11.1 Å². The predicted molar refractivity (Wildman–Crippen MR) is 119 cm³/mol. The van der Waals surface area contributed by atoms with Gasteiger partial charge in [-0.25, -0.2) is 0 Å². The van der Waals surface area contributed by atoms with Crippen molar-refractivity contribution in [3.63, 3.8) is 0 Å². The number of hydrogen-bond acceptors (Lipinski definition) is 7. The number of imide groups is 1. The zero-order valence-electron chi connectivity index (χ0n) is 16.5. The van der Waals surface area contributed by atoms with Crippen LogP contribution >= 0.6 is 27.7 Å². The number of thioether (sulfide) groups is 1. The standard InChI is InChI=1S/C22H17BrN2O5S/c1-2-29-20(26)12-25-21(27)19(31-22(25)28)10-16-9-17(23)7-8-18(16)30-13-15-6-4-3-5-14(15)11-24/h3-10H,2,12-13H2,1H3/b19-10+. The second kappa shape index (κ2) is 10.3. The largest absolute Gasteiger partial charge is 0.488 e. The van der Waals surface area contributed by atoms with E-state index in [-0.39, 0.29) is 18.1 Å². The molecule has 0 unspecified atom stereocenters. The lowest BCUT2D eigenvalue weighted by Crippen LogP contribution is -2.34. The third-order valence-corrected chi connectivity index (χ3v) is 5.65. The molecule has 0 atom stereocenters. The van der Waals surface area contributed by atoms with Gasteiger partial charge in [-0.1, -0.05) is 34.1 Å². The zero-order chi connectivity index (χ0) is 22.4. The van der Waals surface area contributed by atoms with E-state index in [1.165, 1.54) is 0 Å². The second-order valence-corrected chi connectivity index (χ2v) is 8.22. The van der Waals surface area contributed by atoms with Crippen molar-refractivity contribution in [3.8, 4) is 11.8 Å². The predicted octanol–water partition coefficient (Wildman–Crippen LogP) is 4.50. The molecule has 2 aromatic carbocycles. The number of nitrogens with zero attached hydrogens (tertiary/aromatic N) is 2. The smallest absolute Gasteiger partial charge is 0.326 e. The highest BCUT2D eigenvalue weighted by Gasteiger charge is 2.36. The van der Waals surface area contributed by atoms with E-state index < -0.39 is 23.7 Å². The molecule has 1 aliphatic rings. The Bertz CT molecular complexity index is 1110. The Kier molecular flexibility index (Phi) is 7.50. The van der Waals surface area contributed by atoms with Crippen LogP contribution in [-0.4, -0.2) is 35.2 Å². The first kappa shape index (κ1) is 22.6. The van der Waals surface area contributed by atoms with E-state index in [0.29, 0.717) is 16.9 Å². The molecule has 158 valence electrons. The van der Waals surface area contributed by atoms with Gasteiger partial charge in [0.05, 0.1) is 23.1 Å². The maximum atomic E-state index is 12.6. The monoisotopic (exact) mass is 500 g/mol. The van der Waals surface area contributed by atoms with Gasteiger partial charge in [0.2, 0.25) is 0 Å². The number of benzene rings is 2. The number of esters is 1. The van der Waals surface area contributed by atoms with Crippen molar-refractivity contribution in [2.24, 2.45) is 0 Å². The Balaban J connectivity index is 1.83. The van der Waals surface area contributed by atoms with E-state index in [9.17, 15) is 19.6 Å². The van der Waals surface area contributed by atoms with Crippen LogP contribution in [-0.2, 0) is 20.9 Å². The van der Waals surface area contributed by atoms with Crippen molar-refractivity contribution in [2.75, 3.05) is 13.2 Å². The molecule has 0 spiro atoms. The number of rotatable bonds is 7. The van der Waals surface area contributed by atoms with Crippen LogP contribution < -0.4 is 4.74 Å². The number of ether oxygens (including phenoxy) is 2. The van der Waals surface area contributed by atoms with Crippen molar-refractivity contribution in [3.05, 3.63) is 68.5 Å². The van der Waals surface area contributed by atoms with Gasteiger partial charge in [-0.3, -0.25) is 19.3 Å². The average Bonchev–Trinajstić information content (AvgIpc) is 3.01. The number of halogens is 1. The first-order chi connectivity index (χ1) is 14.9. The molecule has 1 aliphatic heterocycles. The Labute approximate surface area is 191 Å². The summed E-state index contributed by atoms with van der Waals surface area (Å²) in [5.74, 6) is -0.731. The van der Waals surface area contributed by atoms with E-state index in [1.807, 2.05) is 6.07 Å². The van der Waals surface area contributed by atoms with Crippen molar-refractivity contribution in [1.82, 2.24) is 4.90 Å². The van der Waals surface area contributed by atoms with Gasteiger partial charge in [-0.2, -0.15) is 5.26 Å². The molecule has 1 saturated heterocycles. The van der Waals surface area contributed by atoms with Crippen LogP contribution in [0.25, 0.3) is 6.08 Å². The molecule has 31 heavy (non-hydrogen) atoms. The van der Waals surface area contributed by atoms with Crippen molar-refractivity contribution in [2.45, 2.75) is 13.5 Å². The maximum absolute atomic E-state index is 12.6. The molecular formula is C22H17BrN2O5S. The molecule has 1 fully saturated rings. The molecule has 0 radical (unpaired) electrons. The molecule has 2 aromatic rings. The van der Waals surface area contributed by atoms with Gasteiger partial charge >= 0.3 is 5.97 Å². The lowest BCUT2D eigenvalue weighted by atomic mass is 10.1. The highest BCUT2D eigenvalue weighted by molar-refractivity contribution is 9.10. The van der Waals surface area contributed by atoms with E-state index in [4.69, 9.17) is 9.47 Å². The Morgan fingerprint density at radius 1 is 1.26 bits per heavy atom. The van der Waals surface area contributed by atoms with Crippen LogP contribution in [0.15, 0.2) is 51.8 Å². The van der Waals surface area contributed by atoms with Gasteiger partial charge in [0.1, 0.15) is 18.9 Å². The van der Waals surface area contributed by atoms with Crippen LogP contribution in [0.1, 0.15) is 23.6 Å². The molecule has 0 aliphatic carbocycles. The van der Waals surface area contributed by atoms with Crippen LogP contribution in [0.5, 0.6) is 5.75 Å². The Morgan fingerprint density at radius 2 is 2.03 bits per heavy atom. The number of carbonyl (C=O) groups is 3.